The summed E-state index contributed by atoms with van der Waals surface area (Å²) in [5.41, 5.74) is -0.522. The molecule has 0 saturated heterocycles. The van der Waals surface area contributed by atoms with E-state index in [1.807, 2.05) is 0 Å². The molecule has 0 fully saturated rings. The highest BCUT2D eigenvalue weighted by molar-refractivity contribution is 7.71. The maximum atomic E-state index is 11.3. The molecule has 0 aliphatic carbocycles. The molecule has 0 aliphatic heterocycles. The van der Waals surface area contributed by atoms with Crippen LogP contribution in [0.5, 0.6) is 0 Å². The second-order valence-electron chi connectivity index (χ2n) is 3.93. The van der Waals surface area contributed by atoms with Gasteiger partial charge < -0.3 is 4.74 Å². The highest BCUT2D eigenvalue weighted by Crippen LogP contribution is 2.09. The van der Waals surface area contributed by atoms with Gasteiger partial charge in [-0.25, -0.2) is 4.79 Å². The van der Waals surface area contributed by atoms with Crippen LogP contribution in [0, 0.1) is 4.64 Å². The molecule has 0 radical (unpaired) electrons. The normalized spacial score (nSPS) is 10.9. The quantitative estimate of drug-likeness (QED) is 0.723. The van der Waals surface area contributed by atoms with E-state index in [1.54, 1.807) is 32.9 Å². The van der Waals surface area contributed by atoms with Crippen molar-refractivity contribution in [1.82, 2.24) is 10.2 Å². The maximum Gasteiger partial charge on any atom is 0.413 e. The molecule has 82 valence electrons. The van der Waals surface area contributed by atoms with Crippen LogP contribution in [0.15, 0.2) is 12.1 Å². The van der Waals surface area contributed by atoms with E-state index in [9.17, 15) is 4.79 Å². The van der Waals surface area contributed by atoms with Crippen molar-refractivity contribution in [2.75, 3.05) is 5.32 Å². The molecule has 1 heterocycles. The van der Waals surface area contributed by atoms with Gasteiger partial charge in [0.25, 0.3) is 0 Å². The molecule has 15 heavy (non-hydrogen) atoms. The summed E-state index contributed by atoms with van der Waals surface area (Å²) in [5.74, 6) is 0.373. The smallest absolute Gasteiger partial charge is 0.413 e. The Bertz CT molecular complexity index is 388. The Hall–Kier alpha value is -1.43. The number of hydrogen-bond acceptors (Lipinski definition) is 4. The van der Waals surface area contributed by atoms with Crippen molar-refractivity contribution in [1.29, 1.82) is 0 Å². The van der Waals surface area contributed by atoms with Crippen LogP contribution in [0.1, 0.15) is 20.8 Å². The molecule has 2 N–H and O–H groups in total. The largest absolute Gasteiger partial charge is 0.444 e. The minimum atomic E-state index is -0.541. The number of nitrogens with one attached hydrogen (secondary N) is 2. The minimum absolute atomic E-state index is 0.373. The zero-order valence-corrected chi connectivity index (χ0v) is 9.64. The van der Waals surface area contributed by atoms with Gasteiger partial charge in [0.2, 0.25) is 0 Å². The number of ether oxygens (including phenoxy) is 1. The second kappa shape index (κ2) is 4.39. The summed E-state index contributed by atoms with van der Waals surface area (Å²) >= 11 is 4.81. The van der Waals surface area contributed by atoms with Crippen LogP contribution in [-0.4, -0.2) is 21.9 Å². The van der Waals surface area contributed by atoms with E-state index in [-0.39, 0.29) is 0 Å². The Morgan fingerprint density at radius 1 is 1.53 bits per heavy atom. The van der Waals surface area contributed by atoms with E-state index in [1.165, 1.54) is 0 Å². The molecule has 1 amide bonds. The van der Waals surface area contributed by atoms with E-state index in [2.05, 4.69) is 15.5 Å². The van der Waals surface area contributed by atoms with Gasteiger partial charge in [0, 0.05) is 0 Å². The van der Waals surface area contributed by atoms with Gasteiger partial charge in [-0.3, -0.25) is 10.4 Å². The lowest BCUT2D eigenvalue weighted by Gasteiger charge is -2.19. The molecule has 6 heteroatoms. The van der Waals surface area contributed by atoms with Crippen LogP contribution in [-0.2, 0) is 4.74 Å². The summed E-state index contributed by atoms with van der Waals surface area (Å²) < 4.78 is 5.55. The summed E-state index contributed by atoms with van der Waals surface area (Å²) in [6, 6.07) is 3.23. The number of aromatic nitrogens is 2. The number of carbonyl (C=O) groups is 1. The number of aromatic amines is 1. The van der Waals surface area contributed by atoms with Gasteiger partial charge in [-0.2, -0.15) is 5.10 Å². The van der Waals surface area contributed by atoms with E-state index >= 15 is 0 Å². The Kier molecular flexibility index (Phi) is 3.41. The minimum Gasteiger partial charge on any atom is -0.444 e. The fraction of sp³-hybridized carbons (Fsp3) is 0.444. The molecule has 1 rings (SSSR count). The van der Waals surface area contributed by atoms with Gasteiger partial charge in [0.05, 0.1) is 0 Å². The summed E-state index contributed by atoms with van der Waals surface area (Å²) in [6.07, 6.45) is -0.541. The summed E-state index contributed by atoms with van der Waals surface area (Å²) in [6.45, 7) is 5.37. The van der Waals surface area contributed by atoms with E-state index < -0.39 is 11.7 Å². The lowest BCUT2D eigenvalue weighted by Crippen LogP contribution is -2.27. The van der Waals surface area contributed by atoms with Crippen molar-refractivity contribution in [2.24, 2.45) is 0 Å². The van der Waals surface area contributed by atoms with E-state index in [4.69, 9.17) is 17.0 Å². The van der Waals surface area contributed by atoms with Gasteiger partial charge in [0.15, 0.2) is 5.82 Å². The van der Waals surface area contributed by atoms with Gasteiger partial charge in [-0.1, -0.05) is 12.2 Å². The average molecular weight is 227 g/mol. The summed E-state index contributed by atoms with van der Waals surface area (Å²) in [5, 5.41) is 8.85. The molecule has 0 saturated carbocycles. The van der Waals surface area contributed by atoms with Gasteiger partial charge >= 0.3 is 6.09 Å². The van der Waals surface area contributed by atoms with Crippen molar-refractivity contribution in [3.8, 4) is 0 Å². The molecule has 0 spiro atoms. The molecular weight excluding hydrogens is 214 g/mol. The summed E-state index contributed by atoms with van der Waals surface area (Å²) in [7, 11) is 0. The lowest BCUT2D eigenvalue weighted by molar-refractivity contribution is 0.0635. The maximum absolute atomic E-state index is 11.3. The molecule has 1 aromatic heterocycles. The molecule has 0 unspecified atom stereocenters. The SMILES string of the molecule is CC(C)(C)OC(=O)Nc1ccc(=S)[nH]n1. The Morgan fingerprint density at radius 2 is 2.20 bits per heavy atom. The van der Waals surface area contributed by atoms with Crippen LogP contribution in [0.4, 0.5) is 10.6 Å². The van der Waals surface area contributed by atoms with Crippen molar-refractivity contribution in [2.45, 2.75) is 26.4 Å². The highest BCUT2D eigenvalue weighted by Gasteiger charge is 2.16. The Balaban J connectivity index is 2.59. The first-order valence-corrected chi connectivity index (χ1v) is 4.83. The number of amides is 1. The number of anilines is 1. The zero-order valence-electron chi connectivity index (χ0n) is 8.83. The van der Waals surface area contributed by atoms with Crippen molar-refractivity contribution >= 4 is 24.1 Å². The monoisotopic (exact) mass is 227 g/mol. The van der Waals surface area contributed by atoms with Gasteiger partial charge in [0.1, 0.15) is 10.2 Å². The van der Waals surface area contributed by atoms with Crippen LogP contribution in [0.25, 0.3) is 0 Å². The Morgan fingerprint density at radius 3 is 2.67 bits per heavy atom. The van der Waals surface area contributed by atoms with Crippen molar-refractivity contribution < 1.29 is 9.53 Å². The molecule has 0 bridgehead atoms. The van der Waals surface area contributed by atoms with Gasteiger partial charge in [-0.15, -0.1) is 0 Å². The molecule has 0 aliphatic rings. The third-order valence-electron chi connectivity index (χ3n) is 1.31. The second-order valence-corrected chi connectivity index (χ2v) is 4.37. The number of nitrogens with zero attached hydrogens (tertiary/aromatic N) is 1. The van der Waals surface area contributed by atoms with Crippen LogP contribution >= 0.6 is 12.2 Å². The van der Waals surface area contributed by atoms with Gasteiger partial charge in [-0.05, 0) is 32.9 Å². The van der Waals surface area contributed by atoms with Crippen molar-refractivity contribution in [3.63, 3.8) is 0 Å². The van der Waals surface area contributed by atoms with Crippen LogP contribution in [0.2, 0.25) is 0 Å². The standard InChI is InChI=1S/C9H13N3O2S/c1-9(2,3)14-8(13)10-6-4-5-7(15)12-11-6/h4-5H,1-3H3,(H,12,15)(H,10,11,13). The number of rotatable bonds is 1. The number of hydrogen-bond donors (Lipinski definition) is 2. The number of H-pyrrole nitrogens is 1. The molecule has 1 aromatic rings. The van der Waals surface area contributed by atoms with E-state index in [0.29, 0.717) is 10.5 Å². The van der Waals surface area contributed by atoms with Crippen molar-refractivity contribution in [3.05, 3.63) is 16.8 Å². The van der Waals surface area contributed by atoms with Crippen LogP contribution < -0.4 is 5.32 Å². The first kappa shape index (κ1) is 11.6. The predicted octanol–water partition coefficient (Wildman–Crippen LogP) is 2.49. The zero-order chi connectivity index (χ0) is 11.5. The fourth-order valence-corrected chi connectivity index (χ4v) is 0.936. The molecule has 0 atom stereocenters. The molecular formula is C9H13N3O2S. The number of carbonyl (C=O) groups excluding carboxylic acids is 1. The highest BCUT2D eigenvalue weighted by atomic mass is 32.1. The first-order valence-electron chi connectivity index (χ1n) is 4.42. The predicted molar refractivity (Wildman–Crippen MR) is 59.3 cm³/mol. The average Bonchev–Trinajstić information content (AvgIpc) is 2.05. The third-order valence-corrected chi connectivity index (χ3v) is 1.54. The van der Waals surface area contributed by atoms with Crippen LogP contribution in [0.3, 0.4) is 0 Å². The van der Waals surface area contributed by atoms with E-state index in [0.717, 1.165) is 0 Å². The fourth-order valence-electron chi connectivity index (χ4n) is 0.822. The lowest BCUT2D eigenvalue weighted by atomic mass is 10.2. The first-order chi connectivity index (χ1) is 6.87. The Labute approximate surface area is 92.8 Å². The summed E-state index contributed by atoms with van der Waals surface area (Å²) in [4.78, 5) is 11.3. The topological polar surface area (TPSA) is 67.0 Å². The molecule has 5 nitrogen and oxygen atoms in total. The third kappa shape index (κ3) is 4.55. The molecule has 0 aromatic carbocycles.